The molecule has 2 aromatic rings. The van der Waals surface area contributed by atoms with Crippen LogP contribution in [0.2, 0.25) is 0 Å². The van der Waals surface area contributed by atoms with Gasteiger partial charge in [0, 0.05) is 12.6 Å². The number of hydrogen-bond acceptors (Lipinski definition) is 4. The van der Waals surface area contributed by atoms with Crippen molar-refractivity contribution in [3.05, 3.63) is 35.7 Å². The molecule has 0 aliphatic carbocycles. The van der Waals surface area contributed by atoms with Crippen LogP contribution in [0.5, 0.6) is 0 Å². The van der Waals surface area contributed by atoms with Crippen molar-refractivity contribution < 1.29 is 9.21 Å². The van der Waals surface area contributed by atoms with Gasteiger partial charge in [0.05, 0.1) is 0 Å². The molecule has 1 aromatic heterocycles. The minimum absolute atomic E-state index is 0.107. The highest BCUT2D eigenvalue weighted by Crippen LogP contribution is 2.18. The van der Waals surface area contributed by atoms with E-state index >= 15 is 0 Å². The van der Waals surface area contributed by atoms with Crippen LogP contribution in [0.4, 0.5) is 0 Å². The van der Waals surface area contributed by atoms with Gasteiger partial charge in [0.25, 0.3) is 0 Å². The quantitative estimate of drug-likeness (QED) is 0.865. The van der Waals surface area contributed by atoms with E-state index in [1.54, 1.807) is 7.05 Å². The highest BCUT2D eigenvalue weighted by atomic mass is 16.4. The molecular formula is C12H13N3O2. The van der Waals surface area contributed by atoms with Crippen LogP contribution in [0.1, 0.15) is 11.5 Å². The molecule has 0 spiro atoms. The lowest BCUT2D eigenvalue weighted by Gasteiger charge is -1.95. The Morgan fingerprint density at radius 1 is 1.29 bits per heavy atom. The topological polar surface area (TPSA) is 68.0 Å². The van der Waals surface area contributed by atoms with Gasteiger partial charge in [0.1, 0.15) is 6.42 Å². The molecule has 1 amide bonds. The summed E-state index contributed by atoms with van der Waals surface area (Å²) in [7, 11) is 1.57. The number of carbonyl (C=O) groups is 1. The molecule has 5 nitrogen and oxygen atoms in total. The van der Waals surface area contributed by atoms with E-state index in [4.69, 9.17) is 4.42 Å². The van der Waals surface area contributed by atoms with E-state index in [0.29, 0.717) is 11.8 Å². The predicted octanol–water partition coefficient (Wildman–Crippen LogP) is 1.33. The van der Waals surface area contributed by atoms with E-state index in [-0.39, 0.29) is 12.3 Å². The zero-order valence-electron chi connectivity index (χ0n) is 9.73. The summed E-state index contributed by atoms with van der Waals surface area (Å²) in [6.07, 6.45) is 0.107. The first kappa shape index (κ1) is 11.3. The van der Waals surface area contributed by atoms with E-state index in [1.807, 2.05) is 31.2 Å². The molecule has 1 N–H and O–H groups in total. The van der Waals surface area contributed by atoms with Crippen molar-refractivity contribution in [2.75, 3.05) is 7.05 Å². The van der Waals surface area contributed by atoms with Crippen molar-refractivity contribution in [3.8, 4) is 11.5 Å². The van der Waals surface area contributed by atoms with Crippen LogP contribution in [-0.2, 0) is 11.2 Å². The Kier molecular flexibility index (Phi) is 3.18. The maximum absolute atomic E-state index is 11.1. The summed E-state index contributed by atoms with van der Waals surface area (Å²) in [6.45, 7) is 2.01. The van der Waals surface area contributed by atoms with E-state index < -0.39 is 0 Å². The van der Waals surface area contributed by atoms with Crippen molar-refractivity contribution in [2.24, 2.45) is 0 Å². The maximum Gasteiger partial charge on any atom is 0.247 e. The van der Waals surface area contributed by atoms with Crippen molar-refractivity contribution in [1.82, 2.24) is 15.5 Å². The van der Waals surface area contributed by atoms with Crippen LogP contribution in [0.25, 0.3) is 11.5 Å². The van der Waals surface area contributed by atoms with Crippen LogP contribution in [-0.4, -0.2) is 23.2 Å². The summed E-state index contributed by atoms with van der Waals surface area (Å²) in [5, 5.41) is 10.2. The van der Waals surface area contributed by atoms with Crippen molar-refractivity contribution in [2.45, 2.75) is 13.3 Å². The lowest BCUT2D eigenvalue weighted by atomic mass is 10.1. The molecule has 5 heteroatoms. The summed E-state index contributed by atoms with van der Waals surface area (Å²) in [6, 6.07) is 7.76. The largest absolute Gasteiger partial charge is 0.420 e. The van der Waals surface area contributed by atoms with Gasteiger partial charge < -0.3 is 9.73 Å². The van der Waals surface area contributed by atoms with Gasteiger partial charge in [-0.2, -0.15) is 0 Å². The van der Waals surface area contributed by atoms with Crippen LogP contribution in [0, 0.1) is 6.92 Å². The number of likely N-dealkylation sites (N-methyl/N-ethyl adjacent to an activating group) is 1. The summed E-state index contributed by atoms with van der Waals surface area (Å²) in [5.41, 5.74) is 2.02. The first-order chi connectivity index (χ1) is 8.19. The van der Waals surface area contributed by atoms with E-state index in [1.165, 1.54) is 5.56 Å². The average molecular weight is 231 g/mol. The first-order valence-electron chi connectivity index (χ1n) is 5.29. The van der Waals surface area contributed by atoms with Gasteiger partial charge in [-0.15, -0.1) is 10.2 Å². The fourth-order valence-corrected chi connectivity index (χ4v) is 1.36. The van der Waals surface area contributed by atoms with Crippen LogP contribution < -0.4 is 5.32 Å². The van der Waals surface area contributed by atoms with E-state index in [9.17, 15) is 4.79 Å². The number of aryl methyl sites for hydroxylation is 1. The lowest BCUT2D eigenvalue weighted by Crippen LogP contribution is -2.20. The van der Waals surface area contributed by atoms with Crippen molar-refractivity contribution in [1.29, 1.82) is 0 Å². The highest BCUT2D eigenvalue weighted by Gasteiger charge is 2.10. The Labute approximate surface area is 98.9 Å². The summed E-state index contributed by atoms with van der Waals surface area (Å²) >= 11 is 0. The molecule has 0 saturated carbocycles. The molecule has 0 bridgehead atoms. The second-order valence-electron chi connectivity index (χ2n) is 3.72. The Hall–Kier alpha value is -2.17. The van der Waals surface area contributed by atoms with Gasteiger partial charge in [0.15, 0.2) is 0 Å². The third kappa shape index (κ3) is 2.69. The first-order valence-corrected chi connectivity index (χ1v) is 5.29. The third-order valence-electron chi connectivity index (χ3n) is 2.36. The fourth-order valence-electron chi connectivity index (χ4n) is 1.36. The highest BCUT2D eigenvalue weighted by molar-refractivity contribution is 5.77. The minimum Gasteiger partial charge on any atom is -0.420 e. The summed E-state index contributed by atoms with van der Waals surface area (Å²) in [4.78, 5) is 11.1. The molecule has 0 fully saturated rings. The number of hydrogen-bond donors (Lipinski definition) is 1. The predicted molar refractivity (Wildman–Crippen MR) is 62.2 cm³/mol. The zero-order chi connectivity index (χ0) is 12.3. The van der Waals surface area contributed by atoms with E-state index in [2.05, 4.69) is 15.5 Å². The second-order valence-corrected chi connectivity index (χ2v) is 3.72. The van der Waals surface area contributed by atoms with Crippen LogP contribution >= 0.6 is 0 Å². The summed E-state index contributed by atoms with van der Waals surface area (Å²) in [5.74, 6) is 0.605. The number of benzene rings is 1. The molecule has 0 aliphatic rings. The molecular weight excluding hydrogens is 218 g/mol. The van der Waals surface area contributed by atoms with Crippen LogP contribution in [0.15, 0.2) is 28.7 Å². The third-order valence-corrected chi connectivity index (χ3v) is 2.36. The zero-order valence-corrected chi connectivity index (χ0v) is 9.73. The molecule has 17 heavy (non-hydrogen) atoms. The van der Waals surface area contributed by atoms with Gasteiger partial charge in [-0.1, -0.05) is 17.7 Å². The number of amides is 1. The average Bonchev–Trinajstić information content (AvgIpc) is 2.78. The molecule has 0 atom stereocenters. The smallest absolute Gasteiger partial charge is 0.247 e. The molecule has 0 radical (unpaired) electrons. The van der Waals surface area contributed by atoms with Gasteiger partial charge >= 0.3 is 0 Å². The number of carbonyl (C=O) groups excluding carboxylic acids is 1. The van der Waals surface area contributed by atoms with Gasteiger partial charge in [-0.05, 0) is 19.1 Å². The molecule has 2 rings (SSSR count). The standard InChI is InChI=1S/C12H13N3O2/c1-8-3-5-9(6-4-8)12-15-14-11(17-12)7-10(16)13-2/h3-6H,7H2,1-2H3,(H,13,16). The molecule has 1 aromatic carbocycles. The molecule has 1 heterocycles. The van der Waals surface area contributed by atoms with Gasteiger partial charge in [-0.25, -0.2) is 0 Å². The fraction of sp³-hybridized carbons (Fsp3) is 0.250. The Balaban J connectivity index is 2.18. The maximum atomic E-state index is 11.1. The van der Waals surface area contributed by atoms with Gasteiger partial charge in [0.2, 0.25) is 17.7 Å². The van der Waals surface area contributed by atoms with Crippen molar-refractivity contribution in [3.63, 3.8) is 0 Å². The molecule has 88 valence electrons. The monoisotopic (exact) mass is 231 g/mol. The minimum atomic E-state index is -0.149. The number of nitrogens with zero attached hydrogens (tertiary/aromatic N) is 2. The Morgan fingerprint density at radius 3 is 2.65 bits per heavy atom. The van der Waals surface area contributed by atoms with Crippen molar-refractivity contribution >= 4 is 5.91 Å². The number of aromatic nitrogens is 2. The SMILES string of the molecule is CNC(=O)Cc1nnc(-c2ccc(C)cc2)o1. The molecule has 0 saturated heterocycles. The lowest BCUT2D eigenvalue weighted by molar-refractivity contribution is -0.120. The van der Waals surface area contributed by atoms with E-state index in [0.717, 1.165) is 5.56 Å². The molecule has 0 unspecified atom stereocenters. The second kappa shape index (κ2) is 4.78. The number of rotatable bonds is 3. The number of nitrogens with one attached hydrogen (secondary N) is 1. The molecule has 0 aliphatic heterocycles. The van der Waals surface area contributed by atoms with Crippen LogP contribution in [0.3, 0.4) is 0 Å². The Morgan fingerprint density at radius 2 is 2.00 bits per heavy atom. The van der Waals surface area contributed by atoms with Gasteiger partial charge in [-0.3, -0.25) is 4.79 Å². The Bertz CT molecular complexity index is 517. The normalized spacial score (nSPS) is 10.2. The summed E-state index contributed by atoms with van der Waals surface area (Å²) < 4.78 is 5.40.